The second kappa shape index (κ2) is 10.5. The van der Waals surface area contributed by atoms with Crippen LogP contribution in [0.2, 0.25) is 0 Å². The van der Waals surface area contributed by atoms with Crippen molar-refractivity contribution in [2.24, 2.45) is 0 Å². The highest BCUT2D eigenvalue weighted by molar-refractivity contribution is 5.95. The van der Waals surface area contributed by atoms with Gasteiger partial charge in [-0.2, -0.15) is 22.0 Å². The molecule has 2 aromatic heterocycles. The number of hydrogen-bond acceptors (Lipinski definition) is 8. The van der Waals surface area contributed by atoms with Gasteiger partial charge in [-0.3, -0.25) is 4.79 Å². The Hall–Kier alpha value is -3.46. The average Bonchev–Trinajstić information content (AvgIpc) is 3.29. The van der Waals surface area contributed by atoms with Gasteiger partial charge < -0.3 is 23.9 Å². The Morgan fingerprint density at radius 2 is 1.92 bits per heavy atom. The summed E-state index contributed by atoms with van der Waals surface area (Å²) in [5.74, 6) is -1.98. The van der Waals surface area contributed by atoms with Gasteiger partial charge in [-0.05, 0) is 25.0 Å². The fourth-order valence-corrected chi connectivity index (χ4v) is 3.57. The first-order chi connectivity index (χ1) is 17.4. The van der Waals surface area contributed by atoms with Gasteiger partial charge in [-0.25, -0.2) is 9.37 Å². The summed E-state index contributed by atoms with van der Waals surface area (Å²) in [5, 5.41) is 10.2. The van der Waals surface area contributed by atoms with Gasteiger partial charge in [0, 0.05) is 18.4 Å². The molecule has 1 fully saturated rings. The van der Waals surface area contributed by atoms with Gasteiger partial charge in [0.1, 0.15) is 24.2 Å². The summed E-state index contributed by atoms with van der Waals surface area (Å²) in [5.41, 5.74) is -1.61. The number of pyridine rings is 1. The Morgan fingerprint density at radius 1 is 1.14 bits per heavy atom. The number of halogens is 6. The van der Waals surface area contributed by atoms with E-state index >= 15 is 0 Å². The van der Waals surface area contributed by atoms with Crippen molar-refractivity contribution in [2.45, 2.75) is 44.2 Å². The Kier molecular flexibility index (Phi) is 7.54. The van der Waals surface area contributed by atoms with Crippen molar-refractivity contribution >= 4 is 16.8 Å². The third kappa shape index (κ3) is 6.85. The number of nitrogens with one attached hydrogen (secondary N) is 1. The highest BCUT2D eigenvalue weighted by Crippen LogP contribution is 2.33. The number of rotatable bonds is 8. The van der Waals surface area contributed by atoms with Crippen molar-refractivity contribution in [3.05, 3.63) is 47.2 Å². The molecule has 1 saturated heterocycles. The molecule has 2 atom stereocenters. The second-order valence-electron chi connectivity index (χ2n) is 8.20. The first-order valence-electron chi connectivity index (χ1n) is 11.0. The number of ether oxygens (including phenoxy) is 3. The molecule has 1 N–H and O–H groups in total. The predicted octanol–water partition coefficient (Wildman–Crippen LogP) is 4.43. The van der Waals surface area contributed by atoms with E-state index in [0.717, 1.165) is 0 Å². The number of nitrogens with zero attached hydrogens (tertiary/aromatic N) is 3. The van der Waals surface area contributed by atoms with Crippen molar-refractivity contribution in [1.29, 1.82) is 0 Å². The fourth-order valence-electron chi connectivity index (χ4n) is 3.57. The Labute approximate surface area is 205 Å². The lowest BCUT2D eigenvalue weighted by Gasteiger charge is -2.27. The highest BCUT2D eigenvalue weighted by Gasteiger charge is 2.34. The minimum absolute atomic E-state index is 0.0350. The maximum Gasteiger partial charge on any atom is 0.419 e. The number of fused-ring (bicyclic) bond motifs is 1. The number of carbonyl (C=O) groups is 1. The van der Waals surface area contributed by atoms with Crippen LogP contribution in [0.4, 0.5) is 26.3 Å². The van der Waals surface area contributed by atoms with Gasteiger partial charge in [0.25, 0.3) is 5.91 Å². The maximum absolute atomic E-state index is 13.9. The van der Waals surface area contributed by atoms with Crippen molar-refractivity contribution in [2.75, 3.05) is 19.8 Å². The molecule has 0 radical (unpaired) electrons. The summed E-state index contributed by atoms with van der Waals surface area (Å²) in [6.45, 7) is 0.0523. The van der Waals surface area contributed by atoms with Crippen LogP contribution in [0.15, 0.2) is 28.7 Å². The van der Waals surface area contributed by atoms with E-state index in [0.29, 0.717) is 31.9 Å². The molecule has 9 nitrogen and oxygen atoms in total. The van der Waals surface area contributed by atoms with Crippen molar-refractivity contribution in [3.63, 3.8) is 0 Å². The molecule has 0 bridgehead atoms. The summed E-state index contributed by atoms with van der Waals surface area (Å²) in [7, 11) is 0. The molecular formula is C22H20F6N4O5. The molecule has 1 aliphatic heterocycles. The van der Waals surface area contributed by atoms with E-state index in [1.54, 1.807) is 0 Å². The second-order valence-corrected chi connectivity index (χ2v) is 8.20. The molecule has 15 heteroatoms. The third-order valence-corrected chi connectivity index (χ3v) is 5.29. The predicted molar refractivity (Wildman–Crippen MR) is 112 cm³/mol. The van der Waals surface area contributed by atoms with Gasteiger partial charge in [-0.1, -0.05) is 11.2 Å². The van der Waals surface area contributed by atoms with Crippen LogP contribution < -0.4 is 10.1 Å². The van der Waals surface area contributed by atoms with E-state index in [-0.39, 0.29) is 41.8 Å². The van der Waals surface area contributed by atoms with Crippen LogP contribution in [0.5, 0.6) is 6.08 Å². The van der Waals surface area contributed by atoms with Crippen LogP contribution in [0.3, 0.4) is 0 Å². The zero-order valence-corrected chi connectivity index (χ0v) is 19.2. The molecule has 1 aliphatic rings. The molecule has 0 unspecified atom stereocenters. The molecule has 0 spiro atoms. The summed E-state index contributed by atoms with van der Waals surface area (Å²) in [6, 6.07) is 3.36. The lowest BCUT2D eigenvalue weighted by atomic mass is 10.0. The standard InChI is InChI=1S/C22H20F6N4O5/c1-21(24,25)36-7-6-34-20-32-31-19(37-20)17-5-3-12(10-35-17)29-18(33)15-4-2-11-8-13(22(26,27)28)14(23)9-16(11)30-15/h2,4,8-9,12,17H,3,5-7,10H2,1H3,(H,29,33)/t12-,17+/m0/s1. The van der Waals surface area contributed by atoms with Gasteiger partial charge >= 0.3 is 18.4 Å². The Morgan fingerprint density at radius 3 is 2.59 bits per heavy atom. The number of hydrogen-bond donors (Lipinski definition) is 1. The molecule has 0 saturated carbocycles. The van der Waals surface area contributed by atoms with Crippen LogP contribution in [0.25, 0.3) is 10.9 Å². The average molecular weight is 534 g/mol. The number of amides is 1. The zero-order valence-electron chi connectivity index (χ0n) is 19.2. The molecule has 1 amide bonds. The van der Waals surface area contributed by atoms with Gasteiger partial charge in [-0.15, -0.1) is 5.10 Å². The van der Waals surface area contributed by atoms with Crippen LogP contribution in [0, 0.1) is 5.82 Å². The Balaban J connectivity index is 1.29. The first-order valence-corrected chi connectivity index (χ1v) is 11.0. The van der Waals surface area contributed by atoms with E-state index in [1.165, 1.54) is 12.1 Å². The van der Waals surface area contributed by atoms with Gasteiger partial charge in [0.2, 0.25) is 5.89 Å². The van der Waals surface area contributed by atoms with Crippen LogP contribution in [-0.2, 0) is 15.7 Å². The molecule has 200 valence electrons. The maximum atomic E-state index is 13.9. The molecule has 3 heterocycles. The summed E-state index contributed by atoms with van der Waals surface area (Å²) in [4.78, 5) is 16.6. The normalized spacial score (nSPS) is 18.7. The molecule has 37 heavy (non-hydrogen) atoms. The Bertz CT molecular complexity index is 1250. The van der Waals surface area contributed by atoms with Crippen LogP contribution in [-0.4, -0.2) is 53.1 Å². The molecule has 4 rings (SSSR count). The van der Waals surface area contributed by atoms with Crippen molar-refractivity contribution in [3.8, 4) is 6.08 Å². The molecule has 0 aliphatic carbocycles. The minimum atomic E-state index is -4.85. The summed E-state index contributed by atoms with van der Waals surface area (Å²) in [6.07, 6.45) is -8.13. The van der Waals surface area contributed by atoms with E-state index in [2.05, 4.69) is 25.2 Å². The number of carbonyl (C=O) groups excluding carboxylic acids is 1. The lowest BCUT2D eigenvalue weighted by Crippen LogP contribution is -2.41. The quantitative estimate of drug-likeness (QED) is 0.334. The largest absolute Gasteiger partial charge is 0.447 e. The van der Waals surface area contributed by atoms with E-state index in [9.17, 15) is 31.1 Å². The van der Waals surface area contributed by atoms with Crippen LogP contribution in [0.1, 0.15) is 47.8 Å². The van der Waals surface area contributed by atoms with Gasteiger partial charge in [0.15, 0.2) is 0 Å². The lowest BCUT2D eigenvalue weighted by molar-refractivity contribution is -0.226. The minimum Gasteiger partial charge on any atom is -0.447 e. The van der Waals surface area contributed by atoms with E-state index < -0.39 is 48.3 Å². The number of alkyl halides is 5. The smallest absolute Gasteiger partial charge is 0.419 e. The summed E-state index contributed by atoms with van der Waals surface area (Å²) < 4.78 is 98.0. The number of aromatic nitrogens is 3. The first kappa shape index (κ1) is 26.6. The molecule has 1 aromatic carbocycles. The van der Waals surface area contributed by atoms with Crippen molar-refractivity contribution in [1.82, 2.24) is 20.5 Å². The number of benzene rings is 1. The van der Waals surface area contributed by atoms with E-state index in [1.807, 2.05) is 0 Å². The van der Waals surface area contributed by atoms with Crippen molar-refractivity contribution < 1.29 is 49.8 Å². The van der Waals surface area contributed by atoms with Crippen LogP contribution >= 0.6 is 0 Å². The third-order valence-electron chi connectivity index (χ3n) is 5.29. The SMILES string of the molecule is CC(F)(F)OCCOc1nnc([C@H]2CC[C@H](NC(=O)c3ccc4cc(C(F)(F)F)c(F)cc4n3)CO2)o1. The fraction of sp³-hybridized carbons (Fsp3) is 0.455. The monoisotopic (exact) mass is 534 g/mol. The highest BCUT2D eigenvalue weighted by atomic mass is 19.4. The molecule has 3 aromatic rings. The van der Waals surface area contributed by atoms with E-state index in [4.69, 9.17) is 13.9 Å². The topological polar surface area (TPSA) is 109 Å². The zero-order chi connectivity index (χ0) is 26.8. The molecular weight excluding hydrogens is 514 g/mol. The van der Waals surface area contributed by atoms with Gasteiger partial charge in [0.05, 0.1) is 30.3 Å². The summed E-state index contributed by atoms with van der Waals surface area (Å²) >= 11 is 0.